The maximum absolute atomic E-state index is 12.2. The number of urea groups is 1. The number of hydrogen-bond donors (Lipinski definition) is 2. The minimum absolute atomic E-state index is 0.0762. The summed E-state index contributed by atoms with van der Waals surface area (Å²) in [6, 6.07) is 3.08. The van der Waals surface area contributed by atoms with Crippen LogP contribution in [0.4, 0.5) is 29.3 Å². The number of aliphatic hydroxyl groups is 1. The van der Waals surface area contributed by atoms with Crippen LogP contribution in [0.5, 0.6) is 0 Å². The van der Waals surface area contributed by atoms with Crippen molar-refractivity contribution in [3.8, 4) is 0 Å². The van der Waals surface area contributed by atoms with Gasteiger partial charge in [-0.05, 0) is 12.5 Å². The summed E-state index contributed by atoms with van der Waals surface area (Å²) < 4.78 is 36.7. The molecule has 2 amide bonds. The number of nitrogens with one attached hydrogen (secondary N) is 1. The Bertz CT molecular complexity index is 592. The van der Waals surface area contributed by atoms with Crippen molar-refractivity contribution in [2.45, 2.75) is 25.6 Å². The number of nitro benzene ring substituents is 1. The smallest absolute Gasteiger partial charge is 0.382 e. The van der Waals surface area contributed by atoms with E-state index >= 15 is 0 Å². The molecule has 0 aliphatic carbocycles. The first kappa shape index (κ1) is 18.7. The zero-order valence-corrected chi connectivity index (χ0v) is 12.4. The van der Waals surface area contributed by atoms with Crippen LogP contribution in [-0.4, -0.2) is 46.8 Å². The molecule has 0 heterocycles. The molecule has 1 aromatic carbocycles. The van der Waals surface area contributed by atoms with Gasteiger partial charge in [0.05, 0.1) is 11.5 Å². The van der Waals surface area contributed by atoms with Crippen LogP contribution in [0.2, 0.25) is 0 Å². The van der Waals surface area contributed by atoms with E-state index in [0.717, 1.165) is 13.1 Å². The Hall–Kier alpha value is -2.36. The van der Waals surface area contributed by atoms with E-state index in [9.17, 15) is 28.1 Å². The van der Waals surface area contributed by atoms with Gasteiger partial charge in [0.1, 0.15) is 0 Å². The van der Waals surface area contributed by atoms with Gasteiger partial charge in [0.2, 0.25) is 0 Å². The minimum Gasteiger partial charge on any atom is -0.382 e. The number of likely N-dealkylation sites (N-methyl/N-ethyl adjacent to an activating group) is 1. The number of benzene rings is 1. The van der Waals surface area contributed by atoms with Gasteiger partial charge in [-0.1, -0.05) is 13.0 Å². The summed E-state index contributed by atoms with van der Waals surface area (Å²) in [7, 11) is 1.07. The van der Waals surface area contributed by atoms with Crippen LogP contribution in [0.1, 0.15) is 12.5 Å². The number of halogens is 3. The second-order valence-corrected chi connectivity index (χ2v) is 4.82. The molecule has 7 nitrogen and oxygen atoms in total. The Labute approximate surface area is 129 Å². The third kappa shape index (κ3) is 5.09. The number of nitrogens with zero attached hydrogens (tertiary/aromatic N) is 2. The van der Waals surface area contributed by atoms with Crippen molar-refractivity contribution in [3.05, 3.63) is 33.9 Å². The molecule has 2 N–H and O–H groups in total. The summed E-state index contributed by atoms with van der Waals surface area (Å²) in [6.07, 6.45) is -7.09. The third-order valence-corrected chi connectivity index (χ3v) is 3.09. The van der Waals surface area contributed by atoms with Gasteiger partial charge in [0.15, 0.2) is 6.10 Å². The summed E-state index contributed by atoms with van der Waals surface area (Å²) in [5.74, 6) is 0. The quantitative estimate of drug-likeness (QED) is 0.638. The average molecular weight is 335 g/mol. The normalized spacial score (nSPS) is 12.6. The van der Waals surface area contributed by atoms with Crippen molar-refractivity contribution in [1.29, 1.82) is 0 Å². The molecule has 1 rings (SSSR count). The Morgan fingerprint density at radius 2 is 2.09 bits per heavy atom. The number of carbonyl (C=O) groups is 1. The van der Waals surface area contributed by atoms with Crippen molar-refractivity contribution in [2.75, 3.05) is 18.9 Å². The zero-order valence-electron chi connectivity index (χ0n) is 12.4. The van der Waals surface area contributed by atoms with Crippen molar-refractivity contribution < 1.29 is 28.0 Å². The van der Waals surface area contributed by atoms with Crippen LogP contribution in [0.25, 0.3) is 0 Å². The summed E-state index contributed by atoms with van der Waals surface area (Å²) in [4.78, 5) is 22.7. The van der Waals surface area contributed by atoms with Gasteiger partial charge in [-0.15, -0.1) is 0 Å². The van der Waals surface area contributed by atoms with Gasteiger partial charge in [0, 0.05) is 24.4 Å². The van der Waals surface area contributed by atoms with E-state index in [0.29, 0.717) is 16.9 Å². The number of alkyl halides is 3. The maximum Gasteiger partial charge on any atom is 0.416 e. The van der Waals surface area contributed by atoms with Gasteiger partial charge in [0.25, 0.3) is 5.69 Å². The van der Waals surface area contributed by atoms with Crippen molar-refractivity contribution in [3.63, 3.8) is 0 Å². The predicted molar refractivity (Wildman–Crippen MR) is 76.2 cm³/mol. The number of aryl methyl sites for hydroxylation is 1. The first-order valence-corrected chi connectivity index (χ1v) is 6.60. The topological polar surface area (TPSA) is 95.7 Å². The molecule has 0 aliphatic rings. The van der Waals surface area contributed by atoms with E-state index in [1.165, 1.54) is 12.1 Å². The molecule has 1 aromatic rings. The molecule has 0 radical (unpaired) electrons. The first-order chi connectivity index (χ1) is 10.6. The molecule has 10 heteroatoms. The Kier molecular flexibility index (Phi) is 5.91. The highest BCUT2D eigenvalue weighted by Gasteiger charge is 2.39. The summed E-state index contributed by atoms with van der Waals surface area (Å²) in [5, 5.41) is 22.1. The lowest BCUT2D eigenvalue weighted by atomic mass is 10.1. The van der Waals surface area contributed by atoms with Crippen LogP contribution in [0.15, 0.2) is 18.2 Å². The Balaban J connectivity index is 2.81. The fourth-order valence-electron chi connectivity index (χ4n) is 1.78. The van der Waals surface area contributed by atoms with Crippen LogP contribution >= 0.6 is 0 Å². The fourth-order valence-corrected chi connectivity index (χ4v) is 1.78. The maximum atomic E-state index is 12.2. The molecule has 23 heavy (non-hydrogen) atoms. The van der Waals surface area contributed by atoms with E-state index < -0.39 is 29.8 Å². The van der Waals surface area contributed by atoms with E-state index in [-0.39, 0.29) is 11.4 Å². The number of nitro groups is 1. The molecule has 0 spiro atoms. The first-order valence-electron chi connectivity index (χ1n) is 6.60. The van der Waals surface area contributed by atoms with Crippen LogP contribution < -0.4 is 5.32 Å². The highest BCUT2D eigenvalue weighted by molar-refractivity contribution is 5.89. The van der Waals surface area contributed by atoms with Gasteiger partial charge in [-0.2, -0.15) is 13.2 Å². The summed E-state index contributed by atoms with van der Waals surface area (Å²) in [5.41, 5.74) is 0.351. The summed E-state index contributed by atoms with van der Waals surface area (Å²) in [6.45, 7) is 0.775. The second kappa shape index (κ2) is 7.27. The van der Waals surface area contributed by atoms with Crippen molar-refractivity contribution >= 4 is 17.4 Å². The molecule has 0 fully saturated rings. The standard InChI is InChI=1S/C13H16F3N3O4/c1-3-8-4-5-9(6-10(8)19(22)23)17-12(21)18(2)7-11(20)13(14,15)16/h4-6,11,20H,3,7H2,1-2H3,(H,17,21). The predicted octanol–water partition coefficient (Wildman–Crippen LogP) is 2.54. The number of hydrogen-bond acceptors (Lipinski definition) is 4. The highest BCUT2D eigenvalue weighted by atomic mass is 19.4. The highest BCUT2D eigenvalue weighted by Crippen LogP contribution is 2.24. The molecule has 0 saturated carbocycles. The average Bonchev–Trinajstić information content (AvgIpc) is 2.45. The lowest BCUT2D eigenvalue weighted by Gasteiger charge is -2.22. The molecule has 0 aromatic heterocycles. The molecule has 1 unspecified atom stereocenters. The zero-order chi connectivity index (χ0) is 17.8. The van der Waals surface area contributed by atoms with E-state index in [4.69, 9.17) is 5.11 Å². The Morgan fingerprint density at radius 3 is 2.57 bits per heavy atom. The van der Waals surface area contributed by atoms with Gasteiger partial charge in [-0.25, -0.2) is 4.79 Å². The van der Waals surface area contributed by atoms with Gasteiger partial charge < -0.3 is 15.3 Å². The molecule has 0 saturated heterocycles. The van der Waals surface area contributed by atoms with Crippen molar-refractivity contribution in [2.24, 2.45) is 0 Å². The second-order valence-electron chi connectivity index (χ2n) is 4.82. The van der Waals surface area contributed by atoms with Crippen LogP contribution in [0, 0.1) is 10.1 Å². The largest absolute Gasteiger partial charge is 0.416 e. The van der Waals surface area contributed by atoms with Crippen LogP contribution in [-0.2, 0) is 6.42 Å². The van der Waals surface area contributed by atoms with E-state index in [2.05, 4.69) is 5.32 Å². The SMILES string of the molecule is CCc1ccc(NC(=O)N(C)CC(O)C(F)(F)F)cc1[N+](=O)[O-]. The molecule has 0 bridgehead atoms. The fraction of sp³-hybridized carbons (Fsp3) is 0.462. The van der Waals surface area contributed by atoms with Crippen molar-refractivity contribution in [1.82, 2.24) is 4.90 Å². The molecule has 128 valence electrons. The lowest BCUT2D eigenvalue weighted by Crippen LogP contribution is -2.43. The van der Waals surface area contributed by atoms with Gasteiger partial charge in [-0.3, -0.25) is 10.1 Å². The molecular formula is C13H16F3N3O4. The van der Waals surface area contributed by atoms with E-state index in [1.807, 2.05) is 0 Å². The molecule has 0 aliphatic heterocycles. The molecule has 1 atom stereocenters. The Morgan fingerprint density at radius 1 is 1.48 bits per heavy atom. The number of carbonyl (C=O) groups excluding carboxylic acids is 1. The number of amides is 2. The van der Waals surface area contributed by atoms with Gasteiger partial charge >= 0.3 is 12.2 Å². The minimum atomic E-state index is -4.84. The number of rotatable bonds is 5. The monoisotopic (exact) mass is 335 g/mol. The number of aliphatic hydroxyl groups excluding tert-OH is 1. The summed E-state index contributed by atoms with van der Waals surface area (Å²) >= 11 is 0. The molecular weight excluding hydrogens is 319 g/mol. The van der Waals surface area contributed by atoms with Crippen LogP contribution in [0.3, 0.4) is 0 Å². The lowest BCUT2D eigenvalue weighted by molar-refractivity contribution is -0.385. The van der Waals surface area contributed by atoms with E-state index in [1.54, 1.807) is 6.92 Å². The number of anilines is 1. The third-order valence-electron chi connectivity index (χ3n) is 3.09.